The number of hydrogen-bond acceptors (Lipinski definition) is 6. The minimum Gasteiger partial charge on any atom is -0.483 e. The quantitative estimate of drug-likeness (QED) is 0.0852. The fraction of sp³-hybridized carbons (Fsp3) is 0.188. The zero-order valence-corrected chi connectivity index (χ0v) is 26.2. The fourth-order valence-corrected chi connectivity index (χ4v) is 5.54. The number of fused-ring (bicyclic) bond motifs is 1. The third-order valence-electron chi connectivity index (χ3n) is 6.90. The number of nitrogens with zero attached hydrogens (tertiary/aromatic N) is 2. The second kappa shape index (κ2) is 13.9. The first kappa shape index (κ1) is 31.1. The van der Waals surface area contributed by atoms with Crippen molar-refractivity contribution in [3.05, 3.63) is 111 Å². The molecule has 2 heterocycles. The lowest BCUT2D eigenvalue weighted by Gasteiger charge is -2.30. The monoisotopic (exact) mass is 649 g/mol. The molecule has 1 aromatic heterocycles. The number of ether oxygens (including phenoxy) is 2. The van der Waals surface area contributed by atoms with Crippen LogP contribution in [0.1, 0.15) is 36.6 Å². The number of halogens is 2. The topological polar surface area (TPSA) is 106 Å². The standard InChI is InChI=1S/C32H29Cl2N5O4S/c1-3-42-31(41)29-19(2)36-32(44)37-30(29)23-9-5-7-11-27(23)43-18-28(40)38-35-15-21-17-39(26-10-6-4-8-22(21)26)16-20-12-13-24(33)25(34)14-20/h4-15,17,30H,3,16,18H2,1-2H3,(H,38,40)(H2,36,37,44)/t30-/m0/s1. The summed E-state index contributed by atoms with van der Waals surface area (Å²) in [4.78, 5) is 25.5. The Morgan fingerprint density at radius 1 is 1.09 bits per heavy atom. The summed E-state index contributed by atoms with van der Waals surface area (Å²) in [7, 11) is 0. The van der Waals surface area contributed by atoms with Crippen LogP contribution in [0.25, 0.3) is 10.9 Å². The molecule has 0 radical (unpaired) electrons. The molecule has 4 aromatic rings. The number of esters is 1. The first-order valence-corrected chi connectivity index (χ1v) is 14.9. The third kappa shape index (κ3) is 7.05. The van der Waals surface area contributed by atoms with E-state index in [9.17, 15) is 9.59 Å². The van der Waals surface area contributed by atoms with Crippen LogP contribution in [-0.4, -0.2) is 41.0 Å². The molecule has 3 N–H and O–H groups in total. The number of amides is 1. The Bertz CT molecular complexity index is 1800. The van der Waals surface area contributed by atoms with E-state index in [1.807, 2.05) is 48.7 Å². The summed E-state index contributed by atoms with van der Waals surface area (Å²) < 4.78 is 13.2. The first-order chi connectivity index (χ1) is 21.2. The van der Waals surface area contributed by atoms with Crippen molar-refractivity contribution in [1.29, 1.82) is 0 Å². The highest BCUT2D eigenvalue weighted by Gasteiger charge is 2.32. The molecule has 0 unspecified atom stereocenters. The highest BCUT2D eigenvalue weighted by molar-refractivity contribution is 7.80. The van der Waals surface area contributed by atoms with E-state index in [0.717, 1.165) is 22.0 Å². The van der Waals surface area contributed by atoms with E-state index in [2.05, 4.69) is 25.7 Å². The van der Waals surface area contributed by atoms with Crippen LogP contribution < -0.4 is 20.8 Å². The molecule has 1 amide bonds. The van der Waals surface area contributed by atoms with Crippen molar-refractivity contribution in [1.82, 2.24) is 20.6 Å². The van der Waals surface area contributed by atoms with Gasteiger partial charge in [0, 0.05) is 40.5 Å². The van der Waals surface area contributed by atoms with Crippen molar-refractivity contribution in [2.24, 2.45) is 5.10 Å². The lowest BCUT2D eigenvalue weighted by atomic mass is 9.95. The van der Waals surface area contributed by atoms with E-state index in [0.29, 0.717) is 44.3 Å². The van der Waals surface area contributed by atoms with Crippen molar-refractivity contribution in [2.75, 3.05) is 13.2 Å². The van der Waals surface area contributed by atoms with Gasteiger partial charge in [0.2, 0.25) is 0 Å². The van der Waals surface area contributed by atoms with E-state index < -0.39 is 17.9 Å². The smallest absolute Gasteiger partial charge is 0.338 e. The molecule has 0 saturated carbocycles. The zero-order chi connectivity index (χ0) is 31.2. The number of rotatable bonds is 10. The van der Waals surface area contributed by atoms with Crippen molar-refractivity contribution in [2.45, 2.75) is 26.4 Å². The lowest BCUT2D eigenvalue weighted by Crippen LogP contribution is -2.45. The molecule has 5 rings (SSSR count). The molecule has 1 aliphatic heterocycles. The van der Waals surface area contributed by atoms with Crippen molar-refractivity contribution in [3.63, 3.8) is 0 Å². The predicted octanol–water partition coefficient (Wildman–Crippen LogP) is 5.88. The van der Waals surface area contributed by atoms with E-state index >= 15 is 0 Å². The van der Waals surface area contributed by atoms with Crippen molar-refractivity contribution >= 4 is 69.5 Å². The Labute approximate surface area is 269 Å². The molecular weight excluding hydrogens is 621 g/mol. The Hall–Kier alpha value is -4.38. The second-order valence-corrected chi connectivity index (χ2v) is 11.1. The van der Waals surface area contributed by atoms with Gasteiger partial charge in [-0.05, 0) is 55.9 Å². The van der Waals surface area contributed by atoms with Gasteiger partial charge in [0.1, 0.15) is 5.75 Å². The Morgan fingerprint density at radius 3 is 2.66 bits per heavy atom. The third-order valence-corrected chi connectivity index (χ3v) is 7.86. The van der Waals surface area contributed by atoms with E-state index in [4.69, 9.17) is 44.9 Å². The molecule has 0 aliphatic carbocycles. The zero-order valence-electron chi connectivity index (χ0n) is 23.9. The summed E-state index contributed by atoms with van der Waals surface area (Å²) in [5.74, 6) is -0.520. The van der Waals surface area contributed by atoms with Gasteiger partial charge in [-0.15, -0.1) is 0 Å². The number of thiocarbonyl (C=S) groups is 1. The predicted molar refractivity (Wildman–Crippen MR) is 176 cm³/mol. The summed E-state index contributed by atoms with van der Waals surface area (Å²) in [5, 5.41) is 12.6. The summed E-state index contributed by atoms with van der Waals surface area (Å²) in [6.07, 6.45) is 3.56. The van der Waals surface area contributed by atoms with Crippen LogP contribution >= 0.6 is 35.4 Å². The minimum atomic E-state index is -0.624. The molecule has 1 aliphatic rings. The highest BCUT2D eigenvalue weighted by Crippen LogP contribution is 2.33. The summed E-state index contributed by atoms with van der Waals surface area (Å²) in [6.45, 7) is 3.99. The molecule has 0 spiro atoms. The van der Waals surface area contributed by atoms with Gasteiger partial charge in [-0.25, -0.2) is 10.2 Å². The Kier molecular flexibility index (Phi) is 9.84. The SMILES string of the molecule is CCOC(=O)C1=C(C)NC(=S)N[C@H]1c1ccccc1OCC(=O)NN=Cc1cn(Cc2ccc(Cl)c(Cl)c2)c2ccccc12. The maximum atomic E-state index is 12.8. The van der Waals surface area contributed by atoms with Gasteiger partial charge in [0.05, 0.1) is 34.5 Å². The van der Waals surface area contributed by atoms with Crippen molar-refractivity contribution in [3.8, 4) is 5.75 Å². The molecule has 0 bridgehead atoms. The molecule has 0 saturated heterocycles. The maximum absolute atomic E-state index is 12.8. The average molecular weight is 651 g/mol. The highest BCUT2D eigenvalue weighted by atomic mass is 35.5. The Balaban J connectivity index is 1.27. The van der Waals surface area contributed by atoms with Crippen molar-refractivity contribution < 1.29 is 19.1 Å². The van der Waals surface area contributed by atoms with Gasteiger partial charge in [-0.1, -0.05) is 65.7 Å². The van der Waals surface area contributed by atoms with E-state index in [1.54, 1.807) is 44.3 Å². The number of hydrogen-bond donors (Lipinski definition) is 3. The van der Waals surface area contributed by atoms with Crippen LogP contribution in [0.4, 0.5) is 0 Å². The number of carbonyl (C=O) groups is 2. The number of carbonyl (C=O) groups excluding carboxylic acids is 2. The number of allylic oxidation sites excluding steroid dienone is 1. The fourth-order valence-electron chi connectivity index (χ4n) is 4.95. The molecule has 9 nitrogen and oxygen atoms in total. The van der Waals surface area contributed by atoms with Crippen LogP contribution in [0.15, 0.2) is 89.3 Å². The molecule has 1 atom stereocenters. The average Bonchev–Trinajstić information content (AvgIpc) is 3.34. The molecule has 3 aromatic carbocycles. The second-order valence-electron chi connectivity index (χ2n) is 9.89. The number of hydrazone groups is 1. The van der Waals surface area contributed by atoms with Crippen LogP contribution in [-0.2, 0) is 20.9 Å². The van der Waals surface area contributed by atoms with Gasteiger partial charge < -0.3 is 24.7 Å². The minimum absolute atomic E-state index is 0.226. The van der Waals surface area contributed by atoms with E-state index in [1.165, 1.54) is 0 Å². The normalized spacial score (nSPS) is 14.8. The number of aromatic nitrogens is 1. The van der Waals surface area contributed by atoms with Gasteiger partial charge in [-0.2, -0.15) is 5.10 Å². The molecule has 226 valence electrons. The van der Waals surface area contributed by atoms with Gasteiger partial charge in [0.15, 0.2) is 11.7 Å². The summed E-state index contributed by atoms with van der Waals surface area (Å²) >= 11 is 17.6. The lowest BCUT2D eigenvalue weighted by molar-refractivity contribution is -0.139. The number of benzene rings is 3. The summed E-state index contributed by atoms with van der Waals surface area (Å²) in [5.41, 5.74) is 6.95. The first-order valence-electron chi connectivity index (χ1n) is 13.8. The van der Waals surface area contributed by atoms with E-state index in [-0.39, 0.29) is 13.2 Å². The molecule has 0 fully saturated rings. The summed E-state index contributed by atoms with van der Waals surface area (Å²) in [6, 6.07) is 20.0. The van der Waals surface area contributed by atoms with Gasteiger partial charge >= 0.3 is 5.97 Å². The van der Waals surface area contributed by atoms with Gasteiger partial charge in [0.25, 0.3) is 5.91 Å². The number of nitrogens with one attached hydrogen (secondary N) is 3. The molecule has 44 heavy (non-hydrogen) atoms. The maximum Gasteiger partial charge on any atom is 0.338 e. The van der Waals surface area contributed by atoms with Crippen LogP contribution in [0.5, 0.6) is 5.75 Å². The van der Waals surface area contributed by atoms with Crippen LogP contribution in [0.3, 0.4) is 0 Å². The molecular formula is C32H29Cl2N5O4S. The Morgan fingerprint density at radius 2 is 1.86 bits per heavy atom. The number of para-hydroxylation sites is 2. The largest absolute Gasteiger partial charge is 0.483 e. The van der Waals surface area contributed by atoms with Gasteiger partial charge in [-0.3, -0.25) is 4.79 Å². The van der Waals surface area contributed by atoms with Crippen LogP contribution in [0, 0.1) is 0 Å². The van der Waals surface area contributed by atoms with Crippen LogP contribution in [0.2, 0.25) is 10.0 Å². The molecule has 12 heteroatoms.